The van der Waals surface area contributed by atoms with Gasteiger partial charge in [0.2, 0.25) is 0 Å². The van der Waals surface area contributed by atoms with Gasteiger partial charge in [-0.05, 0) is 52.2 Å². The number of aryl methyl sites for hydroxylation is 1. The molecule has 1 nitrogen and oxygen atoms in total. The van der Waals surface area contributed by atoms with E-state index >= 15 is 0 Å². The topological polar surface area (TPSA) is 12.0 Å². The zero-order valence-electron chi connectivity index (χ0n) is 11.1. The van der Waals surface area contributed by atoms with Gasteiger partial charge in [0.1, 0.15) is 5.82 Å². The van der Waals surface area contributed by atoms with Gasteiger partial charge in [0, 0.05) is 12.2 Å². The molecule has 21 heavy (non-hydrogen) atoms. The molecule has 0 heterocycles. The first-order valence-corrected chi connectivity index (χ1v) is 6.93. The van der Waals surface area contributed by atoms with E-state index in [1.807, 2.05) is 0 Å². The number of hydrogen-bond acceptors (Lipinski definition) is 1. The second-order valence-corrected chi connectivity index (χ2v) is 5.39. The molecule has 0 aliphatic carbocycles. The normalized spacial score (nSPS) is 11.5. The zero-order chi connectivity index (χ0) is 15.6. The molecule has 0 unspecified atom stereocenters. The van der Waals surface area contributed by atoms with Crippen LogP contribution >= 0.6 is 15.9 Å². The summed E-state index contributed by atoms with van der Waals surface area (Å²) in [6.45, 7) is 1.63. The van der Waals surface area contributed by atoms with Crippen LogP contribution in [-0.4, -0.2) is 0 Å². The van der Waals surface area contributed by atoms with E-state index in [9.17, 15) is 17.6 Å². The maximum atomic E-state index is 13.4. The smallest absolute Gasteiger partial charge is 0.381 e. The lowest BCUT2D eigenvalue weighted by Crippen LogP contribution is -2.09. The van der Waals surface area contributed by atoms with E-state index in [0.717, 1.165) is 6.07 Å². The van der Waals surface area contributed by atoms with E-state index in [1.165, 1.54) is 19.1 Å². The van der Waals surface area contributed by atoms with Crippen molar-refractivity contribution in [2.45, 2.75) is 19.6 Å². The third kappa shape index (κ3) is 3.75. The van der Waals surface area contributed by atoms with Crippen LogP contribution in [0.15, 0.2) is 40.9 Å². The summed E-state index contributed by atoms with van der Waals surface area (Å²) in [5.41, 5.74) is 0.457. The van der Waals surface area contributed by atoms with Crippen molar-refractivity contribution < 1.29 is 17.6 Å². The highest BCUT2D eigenvalue weighted by molar-refractivity contribution is 9.10. The molecule has 0 fully saturated rings. The predicted octanol–water partition coefficient (Wildman–Crippen LogP) is 5.53. The predicted molar refractivity (Wildman–Crippen MR) is 77.6 cm³/mol. The first-order chi connectivity index (χ1) is 9.79. The number of hydrogen-bond donors (Lipinski definition) is 1. The number of alkyl halides is 3. The Bertz CT molecular complexity index is 653. The minimum atomic E-state index is -4.39. The van der Waals surface area contributed by atoms with E-state index < -0.39 is 17.6 Å². The van der Waals surface area contributed by atoms with Crippen LogP contribution in [-0.2, 0) is 12.7 Å². The maximum absolute atomic E-state index is 13.4. The second-order valence-electron chi connectivity index (χ2n) is 4.59. The molecule has 0 saturated heterocycles. The van der Waals surface area contributed by atoms with Crippen molar-refractivity contribution in [2.24, 2.45) is 0 Å². The van der Waals surface area contributed by atoms with Gasteiger partial charge in [0.25, 0.3) is 0 Å². The van der Waals surface area contributed by atoms with Gasteiger partial charge in [0.05, 0.1) is 10.0 Å². The van der Waals surface area contributed by atoms with E-state index in [4.69, 9.17) is 0 Å². The quantitative estimate of drug-likeness (QED) is 0.709. The molecule has 0 aliphatic heterocycles. The van der Waals surface area contributed by atoms with Crippen LogP contribution < -0.4 is 5.32 Å². The molecular formula is C15H12BrF4N. The van der Waals surface area contributed by atoms with Gasteiger partial charge in [-0.25, -0.2) is 4.39 Å². The third-order valence-electron chi connectivity index (χ3n) is 3.06. The van der Waals surface area contributed by atoms with E-state index in [-0.39, 0.29) is 12.1 Å². The Kier molecular flexibility index (Phi) is 4.56. The van der Waals surface area contributed by atoms with Crippen LogP contribution in [0, 0.1) is 12.7 Å². The average Bonchev–Trinajstić information content (AvgIpc) is 2.40. The number of rotatable bonds is 3. The van der Waals surface area contributed by atoms with E-state index in [0.29, 0.717) is 15.7 Å². The van der Waals surface area contributed by atoms with Gasteiger partial charge in [-0.2, -0.15) is 13.2 Å². The zero-order valence-corrected chi connectivity index (χ0v) is 12.6. The molecule has 0 aliphatic rings. The highest BCUT2D eigenvalue weighted by Gasteiger charge is 2.32. The summed E-state index contributed by atoms with van der Waals surface area (Å²) in [5, 5.41) is 2.87. The maximum Gasteiger partial charge on any atom is 0.416 e. The molecule has 2 rings (SSSR count). The van der Waals surface area contributed by atoms with Crippen LogP contribution in [0.4, 0.5) is 23.2 Å². The van der Waals surface area contributed by atoms with Crippen LogP contribution in [0.1, 0.15) is 16.7 Å². The Hall–Kier alpha value is -1.56. The van der Waals surface area contributed by atoms with Crippen molar-refractivity contribution in [1.29, 1.82) is 0 Å². The van der Waals surface area contributed by atoms with E-state index in [2.05, 4.69) is 21.2 Å². The molecular weight excluding hydrogens is 350 g/mol. The summed E-state index contributed by atoms with van der Waals surface area (Å²) in [6, 6.07) is 8.58. The Morgan fingerprint density at radius 3 is 2.52 bits per heavy atom. The average molecular weight is 362 g/mol. The second kappa shape index (κ2) is 6.05. The van der Waals surface area contributed by atoms with Crippen molar-refractivity contribution in [3.8, 4) is 0 Å². The molecule has 0 amide bonds. The molecule has 112 valence electrons. The molecule has 6 heteroatoms. The van der Waals surface area contributed by atoms with Gasteiger partial charge in [-0.15, -0.1) is 0 Å². The molecule has 0 atom stereocenters. The fourth-order valence-corrected chi connectivity index (χ4v) is 2.32. The lowest BCUT2D eigenvalue weighted by molar-refractivity contribution is -0.138. The van der Waals surface area contributed by atoms with Crippen LogP contribution in [0.2, 0.25) is 0 Å². The van der Waals surface area contributed by atoms with Crippen molar-refractivity contribution in [2.75, 3.05) is 5.32 Å². The first kappa shape index (κ1) is 15.8. The van der Waals surface area contributed by atoms with Crippen LogP contribution in [0.5, 0.6) is 0 Å². The first-order valence-electron chi connectivity index (χ1n) is 6.13. The number of halogens is 5. The standard InChI is InChI=1S/C15H12BrF4N/c1-9-5-6-11(7-12(9)15(18,19)20)21-8-10-3-2-4-13(17)14(10)16/h2-7,21H,8H2,1H3. The monoisotopic (exact) mass is 361 g/mol. The molecule has 0 saturated carbocycles. The molecule has 0 radical (unpaired) electrons. The van der Waals surface area contributed by atoms with Crippen molar-refractivity contribution >= 4 is 21.6 Å². The minimum Gasteiger partial charge on any atom is -0.381 e. The fraction of sp³-hybridized carbons (Fsp3) is 0.200. The Balaban J connectivity index is 2.19. The lowest BCUT2D eigenvalue weighted by Gasteiger charge is -2.14. The van der Waals surface area contributed by atoms with Crippen molar-refractivity contribution in [3.05, 3.63) is 63.4 Å². The van der Waals surface area contributed by atoms with Crippen LogP contribution in [0.25, 0.3) is 0 Å². The van der Waals surface area contributed by atoms with Gasteiger partial charge < -0.3 is 5.32 Å². The summed E-state index contributed by atoms with van der Waals surface area (Å²) in [5.74, 6) is -0.408. The molecule has 0 aromatic heterocycles. The molecule has 2 aromatic carbocycles. The van der Waals surface area contributed by atoms with Gasteiger partial charge in [-0.3, -0.25) is 0 Å². The molecule has 2 aromatic rings. The molecule has 0 spiro atoms. The Labute approximate surface area is 128 Å². The SMILES string of the molecule is Cc1ccc(NCc2cccc(F)c2Br)cc1C(F)(F)F. The molecule has 1 N–H and O–H groups in total. The van der Waals surface area contributed by atoms with Gasteiger partial charge in [-0.1, -0.05) is 18.2 Å². The highest BCUT2D eigenvalue weighted by atomic mass is 79.9. The molecule has 0 bridgehead atoms. The Morgan fingerprint density at radius 2 is 1.86 bits per heavy atom. The Morgan fingerprint density at radius 1 is 1.14 bits per heavy atom. The largest absolute Gasteiger partial charge is 0.416 e. The number of nitrogens with one attached hydrogen (secondary N) is 1. The summed E-state index contributed by atoms with van der Waals surface area (Å²) >= 11 is 3.12. The van der Waals surface area contributed by atoms with Crippen molar-refractivity contribution in [3.63, 3.8) is 0 Å². The summed E-state index contributed by atoms with van der Waals surface area (Å²) in [4.78, 5) is 0. The van der Waals surface area contributed by atoms with Crippen molar-refractivity contribution in [1.82, 2.24) is 0 Å². The van der Waals surface area contributed by atoms with Gasteiger partial charge in [0.15, 0.2) is 0 Å². The minimum absolute atomic E-state index is 0.167. The van der Waals surface area contributed by atoms with Crippen LogP contribution in [0.3, 0.4) is 0 Å². The fourth-order valence-electron chi connectivity index (χ4n) is 1.92. The van der Waals surface area contributed by atoms with E-state index in [1.54, 1.807) is 18.2 Å². The number of benzene rings is 2. The number of anilines is 1. The lowest BCUT2D eigenvalue weighted by atomic mass is 10.1. The summed E-state index contributed by atoms with van der Waals surface area (Å²) in [6.07, 6.45) is -4.39. The summed E-state index contributed by atoms with van der Waals surface area (Å²) in [7, 11) is 0. The highest BCUT2D eigenvalue weighted by Crippen LogP contribution is 2.33. The van der Waals surface area contributed by atoms with Gasteiger partial charge >= 0.3 is 6.18 Å². The summed E-state index contributed by atoms with van der Waals surface area (Å²) < 4.78 is 52.1. The third-order valence-corrected chi connectivity index (χ3v) is 3.95.